The van der Waals surface area contributed by atoms with E-state index in [0.717, 1.165) is 11.3 Å². The Bertz CT molecular complexity index is 832. The van der Waals surface area contributed by atoms with Gasteiger partial charge in [-0.3, -0.25) is 4.79 Å². The second-order valence-corrected chi connectivity index (χ2v) is 6.41. The molecular formula is C21H22O5. The summed E-state index contributed by atoms with van der Waals surface area (Å²) in [5.74, 6) is 1.27. The average molecular weight is 354 g/mol. The molecule has 26 heavy (non-hydrogen) atoms. The van der Waals surface area contributed by atoms with Gasteiger partial charge >= 0.3 is 0 Å². The van der Waals surface area contributed by atoms with E-state index in [0.29, 0.717) is 18.1 Å². The van der Waals surface area contributed by atoms with Crippen molar-refractivity contribution in [1.29, 1.82) is 0 Å². The van der Waals surface area contributed by atoms with Gasteiger partial charge in [0.15, 0.2) is 5.78 Å². The van der Waals surface area contributed by atoms with Crippen molar-refractivity contribution in [2.75, 3.05) is 13.7 Å². The lowest BCUT2D eigenvalue weighted by molar-refractivity contribution is 0.0844. The van der Waals surface area contributed by atoms with Crippen LogP contribution in [0.5, 0.6) is 23.0 Å². The van der Waals surface area contributed by atoms with Crippen LogP contribution in [-0.2, 0) is 0 Å². The number of aromatic hydroxyl groups is 1. The molecule has 1 aliphatic rings. The third-order valence-corrected chi connectivity index (χ3v) is 4.20. The normalized spacial score (nSPS) is 15.7. The number of rotatable bonds is 5. The van der Waals surface area contributed by atoms with E-state index in [4.69, 9.17) is 14.2 Å². The quantitative estimate of drug-likeness (QED) is 0.804. The zero-order valence-corrected chi connectivity index (χ0v) is 15.1. The van der Waals surface area contributed by atoms with Crippen molar-refractivity contribution in [3.8, 4) is 23.0 Å². The SMILES string of the molecule is COc1cc(O)c2c(c1)O[C@H](c1ccc(OCC=C(C)C)cc1)CC2=O. The van der Waals surface area contributed by atoms with Crippen molar-refractivity contribution in [1.82, 2.24) is 0 Å². The fraction of sp³-hybridized carbons (Fsp3) is 0.286. The molecule has 0 unspecified atom stereocenters. The maximum Gasteiger partial charge on any atom is 0.174 e. The van der Waals surface area contributed by atoms with Gasteiger partial charge in [-0.25, -0.2) is 0 Å². The molecule has 0 spiro atoms. The van der Waals surface area contributed by atoms with Gasteiger partial charge in [0, 0.05) is 12.1 Å². The standard InChI is InChI=1S/C21H22O5/c1-13(2)8-9-25-15-6-4-14(5-7-15)19-12-18(23)21-17(22)10-16(24-3)11-20(21)26-19/h4-8,10-11,19,22H,9,12H2,1-3H3/t19-/m0/s1. The molecule has 1 atom stereocenters. The minimum atomic E-state index is -0.409. The minimum Gasteiger partial charge on any atom is -0.507 e. The highest BCUT2D eigenvalue weighted by molar-refractivity contribution is 6.02. The lowest BCUT2D eigenvalue weighted by Crippen LogP contribution is -2.20. The molecule has 5 nitrogen and oxygen atoms in total. The zero-order valence-electron chi connectivity index (χ0n) is 15.1. The number of carbonyl (C=O) groups excluding carboxylic acids is 1. The Labute approximate surface area is 152 Å². The number of phenolic OH excluding ortho intramolecular Hbond substituents is 1. The highest BCUT2D eigenvalue weighted by Gasteiger charge is 2.30. The van der Waals surface area contributed by atoms with E-state index in [-0.39, 0.29) is 23.5 Å². The molecule has 0 aliphatic carbocycles. The topological polar surface area (TPSA) is 65.0 Å². The molecule has 0 radical (unpaired) electrons. The van der Waals surface area contributed by atoms with E-state index >= 15 is 0 Å². The van der Waals surface area contributed by atoms with Crippen LogP contribution >= 0.6 is 0 Å². The molecule has 2 aromatic rings. The molecule has 0 saturated carbocycles. The van der Waals surface area contributed by atoms with E-state index in [1.807, 2.05) is 44.2 Å². The Morgan fingerprint density at radius 1 is 1.23 bits per heavy atom. The molecule has 0 fully saturated rings. The van der Waals surface area contributed by atoms with Gasteiger partial charge < -0.3 is 19.3 Å². The number of Topliss-reactive ketones (excluding diaryl/α,β-unsaturated/α-hetero) is 1. The van der Waals surface area contributed by atoms with E-state index in [9.17, 15) is 9.90 Å². The number of fused-ring (bicyclic) bond motifs is 1. The van der Waals surface area contributed by atoms with Gasteiger partial charge in [0.05, 0.1) is 13.5 Å². The first kappa shape index (κ1) is 17.9. The molecule has 136 valence electrons. The number of hydrogen-bond donors (Lipinski definition) is 1. The summed E-state index contributed by atoms with van der Waals surface area (Å²) in [5, 5.41) is 10.1. The predicted molar refractivity (Wildman–Crippen MR) is 98.3 cm³/mol. The average Bonchev–Trinajstić information content (AvgIpc) is 2.61. The Balaban J connectivity index is 1.78. The molecule has 5 heteroatoms. The van der Waals surface area contributed by atoms with Crippen molar-refractivity contribution >= 4 is 5.78 Å². The van der Waals surface area contributed by atoms with Gasteiger partial charge in [-0.2, -0.15) is 0 Å². The second-order valence-electron chi connectivity index (χ2n) is 6.41. The molecule has 0 bridgehead atoms. The second kappa shape index (κ2) is 7.52. The number of hydrogen-bond acceptors (Lipinski definition) is 5. The fourth-order valence-electron chi connectivity index (χ4n) is 2.80. The van der Waals surface area contributed by atoms with Crippen LogP contribution in [0.2, 0.25) is 0 Å². The van der Waals surface area contributed by atoms with Gasteiger partial charge in [-0.05, 0) is 37.6 Å². The lowest BCUT2D eigenvalue weighted by atomic mass is 9.95. The summed E-state index contributed by atoms with van der Waals surface area (Å²) in [7, 11) is 1.50. The van der Waals surface area contributed by atoms with Crippen LogP contribution in [0.3, 0.4) is 0 Å². The number of carbonyl (C=O) groups is 1. The Hall–Kier alpha value is -2.95. The Morgan fingerprint density at radius 2 is 1.96 bits per heavy atom. The first-order valence-electron chi connectivity index (χ1n) is 8.45. The number of ether oxygens (including phenoxy) is 3. The number of allylic oxidation sites excluding steroid dienone is 1. The van der Waals surface area contributed by atoms with Crippen LogP contribution in [0.1, 0.15) is 42.3 Å². The van der Waals surface area contributed by atoms with Crippen molar-refractivity contribution in [3.05, 3.63) is 59.2 Å². The van der Waals surface area contributed by atoms with Gasteiger partial charge in [0.2, 0.25) is 0 Å². The van der Waals surface area contributed by atoms with E-state index in [1.54, 1.807) is 6.07 Å². The monoisotopic (exact) mass is 354 g/mol. The molecule has 1 N–H and O–H groups in total. The van der Waals surface area contributed by atoms with E-state index in [1.165, 1.54) is 18.7 Å². The van der Waals surface area contributed by atoms with Crippen molar-refractivity contribution in [3.63, 3.8) is 0 Å². The molecule has 1 aliphatic heterocycles. The molecule has 3 rings (SSSR count). The smallest absolute Gasteiger partial charge is 0.174 e. The number of phenols is 1. The van der Waals surface area contributed by atoms with Gasteiger partial charge in [0.25, 0.3) is 0 Å². The molecule has 1 heterocycles. The first-order valence-corrected chi connectivity index (χ1v) is 8.45. The Morgan fingerprint density at radius 3 is 2.62 bits per heavy atom. The summed E-state index contributed by atoms with van der Waals surface area (Å²) >= 11 is 0. The van der Waals surface area contributed by atoms with Crippen LogP contribution in [0, 0.1) is 0 Å². The maximum absolute atomic E-state index is 12.4. The third-order valence-electron chi connectivity index (χ3n) is 4.20. The van der Waals surface area contributed by atoms with Gasteiger partial charge in [-0.15, -0.1) is 0 Å². The summed E-state index contributed by atoms with van der Waals surface area (Å²) in [6.45, 7) is 4.57. The summed E-state index contributed by atoms with van der Waals surface area (Å²) in [4.78, 5) is 12.4. The number of benzene rings is 2. The highest BCUT2D eigenvalue weighted by Crippen LogP contribution is 2.41. The first-order chi connectivity index (χ1) is 12.5. The van der Waals surface area contributed by atoms with Crippen LogP contribution in [-0.4, -0.2) is 24.6 Å². The van der Waals surface area contributed by atoms with Gasteiger partial charge in [-0.1, -0.05) is 17.7 Å². The molecular weight excluding hydrogens is 332 g/mol. The fourth-order valence-corrected chi connectivity index (χ4v) is 2.80. The lowest BCUT2D eigenvalue weighted by Gasteiger charge is -2.26. The Kier molecular flexibility index (Phi) is 5.16. The maximum atomic E-state index is 12.4. The predicted octanol–water partition coefficient (Wildman–Crippen LogP) is 4.45. The number of ketones is 1. The van der Waals surface area contributed by atoms with Crippen molar-refractivity contribution in [2.24, 2.45) is 0 Å². The van der Waals surface area contributed by atoms with Gasteiger partial charge in [0.1, 0.15) is 41.3 Å². The van der Waals surface area contributed by atoms with E-state index < -0.39 is 6.10 Å². The molecule has 2 aromatic carbocycles. The van der Waals surface area contributed by atoms with Crippen molar-refractivity contribution < 1.29 is 24.1 Å². The van der Waals surface area contributed by atoms with Crippen LogP contribution in [0.25, 0.3) is 0 Å². The molecule has 0 saturated heterocycles. The van der Waals surface area contributed by atoms with Crippen LogP contribution in [0.4, 0.5) is 0 Å². The largest absolute Gasteiger partial charge is 0.507 e. The summed E-state index contributed by atoms with van der Waals surface area (Å²) < 4.78 is 16.7. The highest BCUT2D eigenvalue weighted by atomic mass is 16.5. The van der Waals surface area contributed by atoms with E-state index in [2.05, 4.69) is 0 Å². The summed E-state index contributed by atoms with van der Waals surface area (Å²) in [5.41, 5.74) is 2.29. The number of methoxy groups -OCH3 is 1. The summed E-state index contributed by atoms with van der Waals surface area (Å²) in [6.07, 6.45) is 1.77. The minimum absolute atomic E-state index is 0.120. The zero-order chi connectivity index (χ0) is 18.7. The molecule has 0 aromatic heterocycles. The van der Waals surface area contributed by atoms with Crippen LogP contribution < -0.4 is 14.2 Å². The third kappa shape index (κ3) is 3.82. The molecule has 0 amide bonds. The van der Waals surface area contributed by atoms with Crippen LogP contribution in [0.15, 0.2) is 48.0 Å². The van der Waals surface area contributed by atoms with Crippen molar-refractivity contribution in [2.45, 2.75) is 26.4 Å². The summed E-state index contributed by atoms with van der Waals surface area (Å²) in [6, 6.07) is 10.5.